The molecule has 232 valence electrons. The van der Waals surface area contributed by atoms with E-state index in [4.69, 9.17) is 16.1 Å². The van der Waals surface area contributed by atoms with Crippen LogP contribution in [0.1, 0.15) is 51.5 Å². The van der Waals surface area contributed by atoms with Crippen LogP contribution >= 0.6 is 0 Å². The van der Waals surface area contributed by atoms with Crippen LogP contribution in [-0.2, 0) is 0 Å². The molecule has 45 heavy (non-hydrogen) atoms. The molecule has 0 saturated carbocycles. The van der Waals surface area contributed by atoms with Crippen molar-refractivity contribution < 1.29 is 17.9 Å². The lowest BCUT2D eigenvalue weighted by Gasteiger charge is -2.45. The topological polar surface area (TPSA) is 53.5 Å². The van der Waals surface area contributed by atoms with E-state index in [0.29, 0.717) is 48.4 Å². The van der Waals surface area contributed by atoms with Gasteiger partial charge in [0, 0.05) is 53.5 Å². The van der Waals surface area contributed by atoms with Crippen molar-refractivity contribution >= 4 is 27.5 Å². The maximum Gasteiger partial charge on any atom is 0.319 e. The second-order valence-corrected chi connectivity index (χ2v) is 14.1. The normalized spacial score (nSPS) is 29.4. The van der Waals surface area contributed by atoms with Gasteiger partial charge in [-0.15, -0.1) is 6.42 Å². The fraction of sp³-hybridized carbons (Fsp3) is 0.444. The van der Waals surface area contributed by atoms with E-state index in [1.165, 1.54) is 6.07 Å². The van der Waals surface area contributed by atoms with Crippen molar-refractivity contribution in [3.63, 3.8) is 0 Å². The number of fused-ring (bicyclic) bond motifs is 5. The van der Waals surface area contributed by atoms with Gasteiger partial charge in [-0.3, -0.25) is 4.90 Å². The van der Waals surface area contributed by atoms with Crippen molar-refractivity contribution in [3.05, 3.63) is 59.7 Å². The summed E-state index contributed by atoms with van der Waals surface area (Å²) in [6.07, 6.45) is 9.07. The summed E-state index contributed by atoms with van der Waals surface area (Å²) in [6, 6.07) is 12.2. The quantitative estimate of drug-likeness (QED) is 0.264. The average molecular weight is 612 g/mol. The predicted octanol–water partition coefficient (Wildman–Crippen LogP) is 6.39. The Morgan fingerprint density at radius 2 is 1.82 bits per heavy atom. The molecule has 4 atom stereocenters. The summed E-state index contributed by atoms with van der Waals surface area (Å²) in [6.45, 7) is 7.02. The molecular weight excluding hydrogens is 575 g/mol. The zero-order valence-electron chi connectivity index (χ0n) is 25.6. The summed E-state index contributed by atoms with van der Waals surface area (Å²) >= 11 is 0. The minimum Gasteiger partial charge on any atom is -0.461 e. The van der Waals surface area contributed by atoms with E-state index < -0.39 is 23.3 Å². The van der Waals surface area contributed by atoms with Crippen LogP contribution in [0.15, 0.2) is 42.5 Å². The lowest BCUT2D eigenvalue weighted by Crippen LogP contribution is -2.63. The van der Waals surface area contributed by atoms with Gasteiger partial charge < -0.3 is 15.0 Å². The van der Waals surface area contributed by atoms with Crippen LogP contribution in [0.5, 0.6) is 6.01 Å². The first kappa shape index (κ1) is 28.6. The van der Waals surface area contributed by atoms with Crippen LogP contribution in [-0.4, -0.2) is 70.4 Å². The van der Waals surface area contributed by atoms with Gasteiger partial charge in [0.05, 0.1) is 11.1 Å². The molecule has 1 N–H and O–H groups in total. The smallest absolute Gasteiger partial charge is 0.319 e. The van der Waals surface area contributed by atoms with Gasteiger partial charge in [-0.05, 0) is 69.2 Å². The van der Waals surface area contributed by atoms with Crippen molar-refractivity contribution in [3.8, 4) is 29.5 Å². The number of halogens is 3. The average Bonchev–Trinajstić information content (AvgIpc) is 3.61. The van der Waals surface area contributed by atoms with E-state index in [0.717, 1.165) is 37.6 Å². The summed E-state index contributed by atoms with van der Waals surface area (Å²) < 4.78 is 54.0. The van der Waals surface area contributed by atoms with Crippen molar-refractivity contribution in [1.29, 1.82) is 0 Å². The predicted molar refractivity (Wildman–Crippen MR) is 170 cm³/mol. The minimum atomic E-state index is -0.906. The molecule has 5 heterocycles. The number of benzene rings is 3. The largest absolute Gasteiger partial charge is 0.461 e. The SMILES string of the molecule is C#Cc1cccc2cccc(-c3c(F)cc4c(N5CC6(C)CCC(C)(C5)N6)nc(OC[C@@]56CCCN5C[C@H](F)C6)nc4c3F)c12. The van der Waals surface area contributed by atoms with Crippen molar-refractivity contribution in [1.82, 2.24) is 20.2 Å². The van der Waals surface area contributed by atoms with E-state index >= 15 is 8.78 Å². The van der Waals surface area contributed by atoms with Crippen molar-refractivity contribution in [2.24, 2.45) is 0 Å². The zero-order chi connectivity index (χ0) is 31.1. The summed E-state index contributed by atoms with van der Waals surface area (Å²) in [5.74, 6) is 1.60. The first-order valence-corrected chi connectivity index (χ1v) is 15.8. The molecule has 6 nitrogen and oxygen atoms in total. The molecule has 4 aromatic rings. The van der Waals surface area contributed by atoms with Crippen LogP contribution in [0.2, 0.25) is 0 Å². The molecule has 0 aliphatic carbocycles. The van der Waals surface area contributed by atoms with E-state index in [9.17, 15) is 4.39 Å². The van der Waals surface area contributed by atoms with Crippen LogP contribution < -0.4 is 15.0 Å². The van der Waals surface area contributed by atoms with Gasteiger partial charge in [0.1, 0.15) is 29.9 Å². The molecule has 0 amide bonds. The summed E-state index contributed by atoms with van der Waals surface area (Å²) in [4.78, 5) is 13.7. The fourth-order valence-corrected chi connectivity index (χ4v) is 8.72. The molecule has 0 radical (unpaired) electrons. The molecule has 4 aliphatic heterocycles. The monoisotopic (exact) mass is 611 g/mol. The molecule has 4 fully saturated rings. The maximum absolute atomic E-state index is 16.9. The van der Waals surface area contributed by atoms with Crippen molar-refractivity contribution in [2.45, 2.75) is 68.7 Å². The lowest BCUT2D eigenvalue weighted by atomic mass is 9.93. The lowest BCUT2D eigenvalue weighted by molar-refractivity contribution is 0.107. The second-order valence-electron chi connectivity index (χ2n) is 14.1. The Kier molecular flexibility index (Phi) is 6.40. The van der Waals surface area contributed by atoms with Crippen LogP contribution in [0.3, 0.4) is 0 Å². The van der Waals surface area contributed by atoms with E-state index in [1.807, 2.05) is 18.2 Å². The maximum atomic E-state index is 16.9. The molecule has 2 bridgehead atoms. The van der Waals surface area contributed by atoms with E-state index in [-0.39, 0.29) is 40.2 Å². The highest BCUT2D eigenvalue weighted by atomic mass is 19.1. The molecule has 0 spiro atoms. The fourth-order valence-electron chi connectivity index (χ4n) is 8.72. The third-order valence-electron chi connectivity index (χ3n) is 10.6. The highest BCUT2D eigenvalue weighted by molar-refractivity contribution is 6.03. The van der Waals surface area contributed by atoms with Gasteiger partial charge in [0.15, 0.2) is 5.82 Å². The second kappa shape index (κ2) is 10.1. The molecule has 4 aliphatic rings. The summed E-state index contributed by atoms with van der Waals surface area (Å²) in [5, 5.41) is 5.44. The molecular formula is C36H36F3N5O. The number of piperazine rings is 1. The van der Waals surface area contributed by atoms with Gasteiger partial charge in [0.2, 0.25) is 0 Å². The number of aromatic nitrogens is 2. The van der Waals surface area contributed by atoms with Gasteiger partial charge in [-0.1, -0.05) is 36.3 Å². The molecule has 4 saturated heterocycles. The van der Waals surface area contributed by atoms with Crippen molar-refractivity contribution in [2.75, 3.05) is 37.7 Å². The number of terminal acetylenes is 1. The highest BCUT2D eigenvalue weighted by Crippen LogP contribution is 2.44. The molecule has 9 heteroatoms. The number of rotatable bonds is 5. The third kappa shape index (κ3) is 4.56. The summed E-state index contributed by atoms with van der Waals surface area (Å²) in [5.41, 5.74) is -0.0497. The number of ether oxygens (including phenoxy) is 1. The van der Waals surface area contributed by atoms with Crippen LogP contribution in [0, 0.1) is 24.0 Å². The van der Waals surface area contributed by atoms with E-state index in [2.05, 4.69) is 39.9 Å². The molecule has 3 aromatic carbocycles. The first-order chi connectivity index (χ1) is 21.6. The Morgan fingerprint density at radius 3 is 2.58 bits per heavy atom. The Hall–Kier alpha value is -3.87. The Morgan fingerprint density at radius 1 is 1.07 bits per heavy atom. The standard InChI is InChI=1S/C36H36F3N5O/c1-4-22-8-5-9-23-10-6-11-25(28(22)23)29-27(38)16-26-31(30(29)39)40-33(45-21-36-12-7-15-44(36)18-24(37)17-36)41-32(26)43-19-34(2)13-14-35(3,20-43)42-34/h1,5-6,8-11,16,24,42H,7,12-15,17-21H2,2-3H3/t24-,34?,35?,36+/m1/s1. The number of alkyl halides is 1. The number of hydrogen-bond donors (Lipinski definition) is 1. The van der Waals surface area contributed by atoms with Crippen LogP contribution in [0.4, 0.5) is 19.0 Å². The number of anilines is 1. The van der Waals surface area contributed by atoms with Gasteiger partial charge in [0.25, 0.3) is 0 Å². The molecule has 8 rings (SSSR count). The molecule has 2 unspecified atom stereocenters. The number of hydrogen-bond acceptors (Lipinski definition) is 6. The first-order valence-electron chi connectivity index (χ1n) is 15.8. The summed E-state index contributed by atoms with van der Waals surface area (Å²) in [7, 11) is 0. The highest BCUT2D eigenvalue weighted by Gasteiger charge is 2.50. The Bertz CT molecular complexity index is 1890. The third-order valence-corrected chi connectivity index (χ3v) is 10.6. The van der Waals surface area contributed by atoms with Gasteiger partial charge >= 0.3 is 6.01 Å². The number of nitrogens with one attached hydrogen (secondary N) is 1. The Balaban J connectivity index is 1.30. The molecule has 1 aromatic heterocycles. The van der Waals surface area contributed by atoms with Gasteiger partial charge in [-0.2, -0.15) is 9.97 Å². The van der Waals surface area contributed by atoms with Gasteiger partial charge in [-0.25, -0.2) is 13.2 Å². The minimum absolute atomic E-state index is 0.0147. The zero-order valence-corrected chi connectivity index (χ0v) is 25.6. The Labute approximate surface area is 261 Å². The number of nitrogens with zero attached hydrogens (tertiary/aromatic N) is 4. The van der Waals surface area contributed by atoms with Crippen LogP contribution in [0.25, 0.3) is 32.8 Å². The van der Waals surface area contributed by atoms with E-state index in [1.54, 1.807) is 18.2 Å².